The van der Waals surface area contributed by atoms with Crippen molar-refractivity contribution in [3.05, 3.63) is 0 Å². The van der Waals surface area contributed by atoms with Gasteiger partial charge in [0.15, 0.2) is 5.96 Å². The Balaban J connectivity index is 0.00000210. The number of hydrogen-bond acceptors (Lipinski definition) is 4. The molecule has 1 N–H and O–H groups in total. The Bertz CT molecular complexity index is 500. The predicted molar refractivity (Wildman–Crippen MR) is 126 cm³/mol. The number of ether oxygens (including phenoxy) is 1. The first kappa shape index (κ1) is 22.0. The third-order valence-electron chi connectivity index (χ3n) is 7.18. The van der Waals surface area contributed by atoms with Crippen LogP contribution in [0, 0.1) is 5.41 Å². The van der Waals surface area contributed by atoms with E-state index in [1.165, 1.54) is 69.5 Å². The van der Waals surface area contributed by atoms with E-state index in [2.05, 4.69) is 31.9 Å². The fraction of sp³-hybridized carbons (Fsp3) is 0.950. The lowest BCUT2D eigenvalue weighted by Gasteiger charge is -2.48. The first-order valence-electron chi connectivity index (χ1n) is 10.6. The molecule has 1 unspecified atom stereocenters. The molecule has 7 heteroatoms. The molecule has 3 heterocycles. The standard InChI is InChI=1S/C20H36N4OS.HI/c1-21-18(23-9-7-19(16-23)8-12-25-17-19)22-15-20(5-3-2-4-6-20)24-10-13-26-14-11-24;/h2-17H2,1H3,(H,21,22);1H. The van der Waals surface area contributed by atoms with Gasteiger partial charge >= 0.3 is 0 Å². The topological polar surface area (TPSA) is 40.1 Å². The Morgan fingerprint density at radius 1 is 1.07 bits per heavy atom. The molecular weight excluding hydrogens is 471 g/mol. The van der Waals surface area contributed by atoms with Crippen LogP contribution < -0.4 is 5.32 Å². The van der Waals surface area contributed by atoms with E-state index in [9.17, 15) is 0 Å². The van der Waals surface area contributed by atoms with Crippen LogP contribution in [0.2, 0.25) is 0 Å². The molecule has 0 aromatic carbocycles. The van der Waals surface area contributed by atoms with E-state index in [0.29, 0.717) is 11.0 Å². The lowest BCUT2D eigenvalue weighted by Crippen LogP contribution is -2.60. The summed E-state index contributed by atoms with van der Waals surface area (Å²) >= 11 is 2.12. The molecule has 3 saturated heterocycles. The van der Waals surface area contributed by atoms with Crippen LogP contribution >= 0.6 is 35.7 Å². The first-order chi connectivity index (χ1) is 12.8. The molecule has 0 radical (unpaired) electrons. The van der Waals surface area contributed by atoms with E-state index in [1.54, 1.807) is 0 Å². The number of nitrogens with zero attached hydrogens (tertiary/aromatic N) is 3. The second-order valence-electron chi connectivity index (χ2n) is 8.76. The SMILES string of the molecule is CN=C(NCC1(N2CCSCC2)CCCCC1)N1CCC2(CCOC2)C1.I. The molecule has 0 aromatic rings. The molecule has 27 heavy (non-hydrogen) atoms. The Hall–Kier alpha value is 0.270. The molecule has 4 aliphatic rings. The van der Waals surface area contributed by atoms with Crippen LogP contribution in [0.25, 0.3) is 0 Å². The van der Waals surface area contributed by atoms with E-state index in [4.69, 9.17) is 4.74 Å². The maximum atomic E-state index is 5.70. The molecule has 0 aromatic heterocycles. The van der Waals surface area contributed by atoms with Crippen molar-refractivity contribution in [3.63, 3.8) is 0 Å². The van der Waals surface area contributed by atoms with Crippen molar-refractivity contribution in [2.24, 2.45) is 10.4 Å². The largest absolute Gasteiger partial charge is 0.381 e. The third-order valence-corrected chi connectivity index (χ3v) is 8.12. The van der Waals surface area contributed by atoms with E-state index in [0.717, 1.165) is 38.8 Å². The molecule has 5 nitrogen and oxygen atoms in total. The first-order valence-corrected chi connectivity index (χ1v) is 11.8. The highest BCUT2D eigenvalue weighted by atomic mass is 127. The zero-order chi connectivity index (χ0) is 17.9. The minimum absolute atomic E-state index is 0. The van der Waals surface area contributed by atoms with E-state index < -0.39 is 0 Å². The summed E-state index contributed by atoms with van der Waals surface area (Å²) < 4.78 is 5.70. The van der Waals surface area contributed by atoms with Crippen molar-refractivity contribution >= 4 is 41.7 Å². The molecule has 3 aliphatic heterocycles. The van der Waals surface area contributed by atoms with Crippen LogP contribution in [0.3, 0.4) is 0 Å². The van der Waals surface area contributed by atoms with Gasteiger partial charge < -0.3 is 15.0 Å². The summed E-state index contributed by atoms with van der Waals surface area (Å²) in [6.45, 7) is 7.69. The van der Waals surface area contributed by atoms with Crippen molar-refractivity contribution in [3.8, 4) is 0 Å². The fourth-order valence-corrected chi connectivity index (χ4v) is 6.42. The van der Waals surface area contributed by atoms with Gasteiger partial charge in [-0.15, -0.1) is 24.0 Å². The molecule has 1 spiro atoms. The Labute approximate surface area is 186 Å². The van der Waals surface area contributed by atoms with Crippen LogP contribution in [-0.2, 0) is 4.74 Å². The van der Waals surface area contributed by atoms with E-state index in [-0.39, 0.29) is 24.0 Å². The average Bonchev–Trinajstić information content (AvgIpc) is 3.34. The number of nitrogens with one attached hydrogen (secondary N) is 1. The van der Waals surface area contributed by atoms with Crippen LogP contribution in [0.1, 0.15) is 44.9 Å². The van der Waals surface area contributed by atoms with Crippen molar-refractivity contribution in [2.45, 2.75) is 50.5 Å². The lowest BCUT2D eigenvalue weighted by atomic mass is 9.80. The number of halogens is 1. The van der Waals surface area contributed by atoms with Crippen molar-refractivity contribution < 1.29 is 4.74 Å². The highest BCUT2D eigenvalue weighted by Gasteiger charge is 2.43. The number of thioether (sulfide) groups is 1. The fourth-order valence-electron chi connectivity index (χ4n) is 5.52. The second kappa shape index (κ2) is 9.85. The zero-order valence-corrected chi connectivity index (χ0v) is 20.0. The van der Waals surface area contributed by atoms with Gasteiger partial charge in [-0.25, -0.2) is 0 Å². The van der Waals surface area contributed by atoms with Crippen molar-refractivity contribution in [1.82, 2.24) is 15.1 Å². The number of likely N-dealkylation sites (tertiary alicyclic amines) is 1. The Morgan fingerprint density at radius 2 is 1.85 bits per heavy atom. The van der Waals surface area contributed by atoms with Crippen LogP contribution in [0.15, 0.2) is 4.99 Å². The van der Waals surface area contributed by atoms with E-state index >= 15 is 0 Å². The van der Waals surface area contributed by atoms with Crippen molar-refractivity contribution in [1.29, 1.82) is 0 Å². The summed E-state index contributed by atoms with van der Waals surface area (Å²) in [5, 5.41) is 3.81. The Kier molecular flexibility index (Phi) is 8.01. The summed E-state index contributed by atoms with van der Waals surface area (Å²) in [6.07, 6.45) is 9.34. The van der Waals surface area contributed by atoms with Gasteiger partial charge in [0.1, 0.15) is 0 Å². The quantitative estimate of drug-likeness (QED) is 0.361. The van der Waals surface area contributed by atoms with E-state index in [1.807, 2.05) is 7.05 Å². The minimum Gasteiger partial charge on any atom is -0.381 e. The van der Waals surface area contributed by atoms with Gasteiger partial charge in [0, 0.05) is 68.8 Å². The molecule has 4 fully saturated rings. The van der Waals surface area contributed by atoms with Crippen molar-refractivity contribution in [2.75, 3.05) is 64.5 Å². The van der Waals surface area contributed by atoms with Gasteiger partial charge in [-0.2, -0.15) is 11.8 Å². The molecule has 156 valence electrons. The maximum absolute atomic E-state index is 5.70. The number of aliphatic imine (C=N–C) groups is 1. The molecule has 1 aliphatic carbocycles. The van der Waals surface area contributed by atoms with Gasteiger partial charge in [-0.3, -0.25) is 9.89 Å². The minimum atomic E-state index is 0. The number of rotatable bonds is 3. The van der Waals surface area contributed by atoms with Gasteiger partial charge in [0.05, 0.1) is 6.61 Å². The van der Waals surface area contributed by atoms with Gasteiger partial charge in [0.2, 0.25) is 0 Å². The number of guanidine groups is 1. The van der Waals surface area contributed by atoms with Gasteiger partial charge in [0.25, 0.3) is 0 Å². The molecule has 1 atom stereocenters. The van der Waals surface area contributed by atoms with Gasteiger partial charge in [-0.1, -0.05) is 19.3 Å². The molecule has 1 saturated carbocycles. The van der Waals surface area contributed by atoms with Crippen LogP contribution in [-0.4, -0.2) is 85.8 Å². The summed E-state index contributed by atoms with van der Waals surface area (Å²) in [5.41, 5.74) is 0.743. The highest BCUT2D eigenvalue weighted by Crippen LogP contribution is 2.38. The molecule has 0 bridgehead atoms. The second-order valence-corrected chi connectivity index (χ2v) is 9.98. The summed E-state index contributed by atoms with van der Waals surface area (Å²) in [4.78, 5) is 9.94. The summed E-state index contributed by atoms with van der Waals surface area (Å²) in [5.74, 6) is 3.71. The monoisotopic (exact) mass is 508 g/mol. The van der Waals surface area contributed by atoms with Crippen LogP contribution in [0.5, 0.6) is 0 Å². The third kappa shape index (κ3) is 4.89. The normalized spacial score (nSPS) is 31.9. The number of hydrogen-bond donors (Lipinski definition) is 1. The molecule has 4 rings (SSSR count). The Morgan fingerprint density at radius 3 is 2.52 bits per heavy atom. The van der Waals surface area contributed by atoms with Crippen LogP contribution in [0.4, 0.5) is 0 Å². The predicted octanol–water partition coefficient (Wildman–Crippen LogP) is 3.04. The highest BCUT2D eigenvalue weighted by molar-refractivity contribution is 14.0. The lowest BCUT2D eigenvalue weighted by molar-refractivity contribution is 0.0620. The molecule has 0 amide bonds. The maximum Gasteiger partial charge on any atom is 0.193 e. The molecular formula is C20H37IN4OS. The summed E-state index contributed by atoms with van der Waals surface area (Å²) in [7, 11) is 1.95. The summed E-state index contributed by atoms with van der Waals surface area (Å²) in [6, 6.07) is 0. The zero-order valence-electron chi connectivity index (χ0n) is 16.9. The van der Waals surface area contributed by atoms with Gasteiger partial charge in [-0.05, 0) is 25.7 Å². The smallest absolute Gasteiger partial charge is 0.193 e. The average molecular weight is 509 g/mol.